The van der Waals surface area contributed by atoms with Crippen LogP contribution in [0.1, 0.15) is 29.5 Å². The zero-order valence-corrected chi connectivity index (χ0v) is 18.2. The molecule has 1 saturated heterocycles. The van der Waals surface area contributed by atoms with Gasteiger partial charge in [0.15, 0.2) is 0 Å². The first-order valence-electron chi connectivity index (χ1n) is 10.5. The number of carboxylic acid groups (broad SMARTS) is 1. The van der Waals surface area contributed by atoms with Gasteiger partial charge in [0.25, 0.3) is 0 Å². The molecule has 0 spiro atoms. The molecule has 35 heavy (non-hydrogen) atoms. The van der Waals surface area contributed by atoms with Crippen molar-refractivity contribution in [3.05, 3.63) is 65.2 Å². The molecule has 0 aliphatic carbocycles. The topological polar surface area (TPSA) is 78.9 Å². The second-order valence-electron chi connectivity index (χ2n) is 8.28. The Morgan fingerprint density at radius 3 is 2.17 bits per heavy atom. The van der Waals surface area contributed by atoms with E-state index in [9.17, 15) is 41.0 Å². The maximum absolute atomic E-state index is 13.3. The molecule has 1 aliphatic heterocycles. The molecule has 2 aromatic rings. The van der Waals surface area contributed by atoms with Crippen molar-refractivity contribution >= 4 is 17.7 Å². The number of likely N-dealkylation sites (tertiary alicyclic amines) is 1. The van der Waals surface area contributed by atoms with Gasteiger partial charge in [-0.25, -0.2) is 4.79 Å². The molecule has 1 aliphatic rings. The summed E-state index contributed by atoms with van der Waals surface area (Å²) in [6.07, 6.45) is -10.3. The highest BCUT2D eigenvalue weighted by Gasteiger charge is 2.40. The lowest BCUT2D eigenvalue weighted by Crippen LogP contribution is -2.47. The molecule has 12 heteroatoms. The van der Waals surface area contributed by atoms with Crippen molar-refractivity contribution in [3.63, 3.8) is 0 Å². The Bertz CT molecular complexity index is 1050. The maximum atomic E-state index is 13.3. The number of nitrogens with zero attached hydrogens (tertiary/aromatic N) is 1. The number of hydrogen-bond acceptors (Lipinski definition) is 3. The number of carbonyl (C=O) groups excluding carboxylic acids is 1. The fourth-order valence-corrected chi connectivity index (χ4v) is 4.01. The molecule has 2 amide bonds. The van der Waals surface area contributed by atoms with Crippen molar-refractivity contribution in [2.45, 2.75) is 37.2 Å². The monoisotopic (exact) mass is 504 g/mol. The number of rotatable bonds is 6. The van der Waals surface area contributed by atoms with Crippen LogP contribution in [0.15, 0.2) is 48.5 Å². The number of ether oxygens (including phenoxy) is 1. The smallest absolute Gasteiger partial charge is 0.465 e. The van der Waals surface area contributed by atoms with Crippen LogP contribution in [-0.4, -0.2) is 47.9 Å². The summed E-state index contributed by atoms with van der Waals surface area (Å²) in [6, 6.07) is 11.3. The van der Waals surface area contributed by atoms with E-state index in [1.165, 1.54) is 10.2 Å². The number of alkyl halides is 6. The predicted molar refractivity (Wildman–Crippen MR) is 113 cm³/mol. The van der Waals surface area contributed by atoms with Crippen LogP contribution in [0.2, 0.25) is 0 Å². The third kappa shape index (κ3) is 6.65. The fraction of sp³-hybridized carbons (Fsp3) is 0.391. The standard InChI is InChI=1S/C23H22F6N2O4/c24-22(25,26)17-10-15(11-18(12-17)30-19(32)23(27,28)29)13-35-14-21(16-4-2-1-3-5-16)6-8-31(9-7-21)20(33)34/h1-5,10-12H,6-9,13-14H2,(H,30,32)(H,33,34). The second-order valence-corrected chi connectivity index (χ2v) is 8.28. The number of piperidine rings is 1. The number of nitrogens with one attached hydrogen (secondary N) is 1. The quantitative estimate of drug-likeness (QED) is 0.514. The van der Waals surface area contributed by atoms with E-state index in [0.29, 0.717) is 18.9 Å². The van der Waals surface area contributed by atoms with Crippen LogP contribution < -0.4 is 5.32 Å². The Kier molecular flexibility index (Phi) is 7.63. The molecule has 6 nitrogen and oxygen atoms in total. The molecule has 2 N–H and O–H groups in total. The van der Waals surface area contributed by atoms with Gasteiger partial charge in [-0.05, 0) is 42.2 Å². The summed E-state index contributed by atoms with van der Waals surface area (Å²) in [6.45, 7) is 0.163. The molecule has 2 aromatic carbocycles. The molecule has 0 radical (unpaired) electrons. The zero-order valence-electron chi connectivity index (χ0n) is 18.2. The van der Waals surface area contributed by atoms with Crippen molar-refractivity contribution in [3.8, 4) is 0 Å². The van der Waals surface area contributed by atoms with Gasteiger partial charge in [0.2, 0.25) is 0 Å². The molecule has 0 aromatic heterocycles. The van der Waals surface area contributed by atoms with E-state index in [1.54, 1.807) is 0 Å². The van der Waals surface area contributed by atoms with E-state index >= 15 is 0 Å². The summed E-state index contributed by atoms with van der Waals surface area (Å²) >= 11 is 0. The molecular weight excluding hydrogens is 482 g/mol. The molecular formula is C23H22F6N2O4. The molecule has 1 fully saturated rings. The SMILES string of the molecule is O=C(O)N1CCC(COCc2cc(NC(=O)C(F)(F)F)cc(C(F)(F)F)c2)(c2ccccc2)CC1. The van der Waals surface area contributed by atoms with Crippen molar-refractivity contribution < 1.29 is 45.8 Å². The Balaban J connectivity index is 1.79. The molecule has 0 atom stereocenters. The third-order valence-corrected chi connectivity index (χ3v) is 5.86. The largest absolute Gasteiger partial charge is 0.471 e. The van der Waals surface area contributed by atoms with Crippen LogP contribution in [0.25, 0.3) is 0 Å². The summed E-state index contributed by atoms with van der Waals surface area (Å²) < 4.78 is 83.3. The van der Waals surface area contributed by atoms with E-state index in [4.69, 9.17) is 4.74 Å². The van der Waals surface area contributed by atoms with E-state index < -0.39 is 41.0 Å². The lowest BCUT2D eigenvalue weighted by atomic mass is 9.73. The molecule has 1 heterocycles. The average Bonchev–Trinajstić information content (AvgIpc) is 2.78. The average molecular weight is 504 g/mol. The van der Waals surface area contributed by atoms with Gasteiger partial charge < -0.3 is 20.1 Å². The summed E-state index contributed by atoms with van der Waals surface area (Å²) in [7, 11) is 0. The minimum Gasteiger partial charge on any atom is -0.465 e. The Morgan fingerprint density at radius 2 is 1.63 bits per heavy atom. The second kappa shape index (κ2) is 10.1. The number of benzene rings is 2. The molecule has 0 saturated carbocycles. The van der Waals surface area contributed by atoms with Gasteiger partial charge in [0, 0.05) is 24.2 Å². The zero-order chi connectivity index (χ0) is 25.9. The summed E-state index contributed by atoms with van der Waals surface area (Å²) in [5, 5.41) is 10.7. The molecule has 190 valence electrons. The van der Waals surface area contributed by atoms with Gasteiger partial charge in [-0.15, -0.1) is 0 Å². The number of amides is 2. The van der Waals surface area contributed by atoms with Gasteiger partial charge >= 0.3 is 24.4 Å². The highest BCUT2D eigenvalue weighted by atomic mass is 19.4. The van der Waals surface area contributed by atoms with E-state index in [-0.39, 0.29) is 31.9 Å². The Labute approximate surface area is 196 Å². The lowest BCUT2D eigenvalue weighted by Gasteiger charge is -2.41. The third-order valence-electron chi connectivity index (χ3n) is 5.86. The summed E-state index contributed by atoms with van der Waals surface area (Å²) in [5.41, 5.74) is -1.69. The minimum absolute atomic E-state index is 0.0466. The molecule has 3 rings (SSSR count). The van der Waals surface area contributed by atoms with Gasteiger partial charge in [-0.3, -0.25) is 4.79 Å². The van der Waals surface area contributed by atoms with Gasteiger partial charge in [-0.1, -0.05) is 30.3 Å². The van der Waals surface area contributed by atoms with Crippen molar-refractivity contribution in [1.29, 1.82) is 0 Å². The van der Waals surface area contributed by atoms with Crippen LogP contribution in [0, 0.1) is 0 Å². The minimum atomic E-state index is -5.27. The fourth-order valence-electron chi connectivity index (χ4n) is 4.01. The predicted octanol–water partition coefficient (Wildman–Crippen LogP) is 5.43. The van der Waals surface area contributed by atoms with Crippen LogP contribution in [0.3, 0.4) is 0 Å². The normalized spacial score (nSPS) is 16.1. The highest BCUT2D eigenvalue weighted by Crippen LogP contribution is 2.37. The number of carbonyl (C=O) groups is 2. The molecule has 0 bridgehead atoms. The van der Waals surface area contributed by atoms with E-state index in [0.717, 1.165) is 17.7 Å². The Morgan fingerprint density at radius 1 is 1.00 bits per heavy atom. The maximum Gasteiger partial charge on any atom is 0.471 e. The van der Waals surface area contributed by atoms with Gasteiger partial charge in [-0.2, -0.15) is 26.3 Å². The van der Waals surface area contributed by atoms with Crippen molar-refractivity contribution in [2.75, 3.05) is 25.0 Å². The van der Waals surface area contributed by atoms with Crippen LogP contribution in [-0.2, 0) is 27.7 Å². The number of anilines is 1. The first kappa shape index (κ1) is 26.3. The first-order chi connectivity index (χ1) is 16.3. The number of hydrogen-bond donors (Lipinski definition) is 2. The van der Waals surface area contributed by atoms with Crippen molar-refractivity contribution in [2.24, 2.45) is 0 Å². The van der Waals surface area contributed by atoms with E-state index in [1.807, 2.05) is 30.3 Å². The van der Waals surface area contributed by atoms with Gasteiger partial charge in [0.05, 0.1) is 18.8 Å². The lowest BCUT2D eigenvalue weighted by molar-refractivity contribution is -0.167. The summed E-state index contributed by atoms with van der Waals surface area (Å²) in [4.78, 5) is 23.8. The van der Waals surface area contributed by atoms with Gasteiger partial charge in [0.1, 0.15) is 0 Å². The summed E-state index contributed by atoms with van der Waals surface area (Å²) in [5.74, 6) is -2.39. The Hall–Kier alpha value is -3.28. The highest BCUT2D eigenvalue weighted by molar-refractivity contribution is 5.95. The van der Waals surface area contributed by atoms with Crippen LogP contribution >= 0.6 is 0 Å². The van der Waals surface area contributed by atoms with Crippen molar-refractivity contribution in [1.82, 2.24) is 4.90 Å². The number of halogens is 6. The molecule has 0 unspecified atom stereocenters. The van der Waals surface area contributed by atoms with Crippen LogP contribution in [0.5, 0.6) is 0 Å². The van der Waals surface area contributed by atoms with E-state index in [2.05, 4.69) is 0 Å². The van der Waals surface area contributed by atoms with Crippen LogP contribution in [0.4, 0.5) is 36.8 Å². The first-order valence-corrected chi connectivity index (χ1v) is 10.5.